The summed E-state index contributed by atoms with van der Waals surface area (Å²) in [4.78, 5) is 22.0. The number of amides is 1. The van der Waals surface area contributed by atoms with E-state index in [2.05, 4.69) is 27.1 Å². The lowest BCUT2D eigenvalue weighted by molar-refractivity contribution is 0.102. The number of hydrogen-bond donors (Lipinski definition) is 1. The molecule has 8 heteroatoms. The van der Waals surface area contributed by atoms with Crippen LogP contribution in [-0.4, -0.2) is 49.0 Å². The van der Waals surface area contributed by atoms with Crippen molar-refractivity contribution >= 4 is 40.2 Å². The smallest absolute Gasteiger partial charge is 0.255 e. The van der Waals surface area contributed by atoms with Gasteiger partial charge >= 0.3 is 0 Å². The van der Waals surface area contributed by atoms with Crippen molar-refractivity contribution in [2.45, 2.75) is 13.5 Å². The van der Waals surface area contributed by atoms with Crippen molar-refractivity contribution in [1.29, 1.82) is 0 Å². The number of nitrogens with one attached hydrogen (secondary N) is 1. The van der Waals surface area contributed by atoms with Gasteiger partial charge in [-0.2, -0.15) is 0 Å². The molecule has 6 nitrogen and oxygen atoms in total. The highest BCUT2D eigenvalue weighted by Gasteiger charge is 2.19. The molecule has 0 aliphatic carbocycles. The van der Waals surface area contributed by atoms with Crippen LogP contribution in [0.15, 0.2) is 47.8 Å². The summed E-state index contributed by atoms with van der Waals surface area (Å²) in [5, 5.41) is 6.60. The SMILES string of the molecule is Cc1nc(COc2cccc(C(=O)Nc3cc(Cl)ccc3N3CCN(C)CC3)c2)cs1. The number of aryl methyl sites for hydroxylation is 1. The van der Waals surface area contributed by atoms with E-state index in [0.717, 1.165) is 42.6 Å². The molecule has 3 aromatic rings. The minimum atomic E-state index is -0.201. The third-order valence-electron chi connectivity index (χ3n) is 5.20. The Morgan fingerprint density at radius 1 is 1.19 bits per heavy atom. The minimum absolute atomic E-state index is 0.201. The molecule has 1 aliphatic rings. The zero-order valence-electron chi connectivity index (χ0n) is 17.6. The van der Waals surface area contributed by atoms with E-state index in [0.29, 0.717) is 28.6 Å². The van der Waals surface area contributed by atoms with Gasteiger partial charge in [-0.25, -0.2) is 4.98 Å². The predicted molar refractivity (Wildman–Crippen MR) is 127 cm³/mol. The largest absolute Gasteiger partial charge is 0.487 e. The maximum Gasteiger partial charge on any atom is 0.255 e. The summed E-state index contributed by atoms with van der Waals surface area (Å²) < 4.78 is 5.82. The zero-order chi connectivity index (χ0) is 21.8. The molecule has 0 atom stereocenters. The number of piperazine rings is 1. The van der Waals surface area contributed by atoms with Gasteiger partial charge in [0.1, 0.15) is 12.4 Å². The number of rotatable bonds is 6. The van der Waals surface area contributed by atoms with Crippen molar-refractivity contribution in [3.8, 4) is 5.75 Å². The molecule has 1 amide bonds. The fourth-order valence-electron chi connectivity index (χ4n) is 3.48. The number of halogens is 1. The van der Waals surface area contributed by atoms with Crippen molar-refractivity contribution in [2.24, 2.45) is 0 Å². The van der Waals surface area contributed by atoms with Crippen LogP contribution in [0.1, 0.15) is 21.1 Å². The standard InChI is InChI=1S/C23H25ClN4O2S/c1-16-25-19(15-31-16)14-30-20-5-3-4-17(12-20)23(29)26-21-13-18(24)6-7-22(21)28-10-8-27(2)9-11-28/h3-7,12-13,15H,8-11,14H2,1-2H3,(H,26,29). The zero-order valence-corrected chi connectivity index (χ0v) is 19.2. The Morgan fingerprint density at radius 3 is 2.74 bits per heavy atom. The maximum atomic E-state index is 13.0. The van der Waals surface area contributed by atoms with Crippen molar-refractivity contribution < 1.29 is 9.53 Å². The molecule has 0 saturated carbocycles. The molecular formula is C23H25ClN4O2S. The number of hydrogen-bond acceptors (Lipinski definition) is 6. The van der Waals surface area contributed by atoms with Crippen molar-refractivity contribution in [3.63, 3.8) is 0 Å². The molecule has 4 rings (SSSR count). The van der Waals surface area contributed by atoms with Gasteiger partial charge in [0.15, 0.2) is 0 Å². The number of nitrogens with zero attached hydrogens (tertiary/aromatic N) is 3. The number of aromatic nitrogens is 1. The Hall–Kier alpha value is -2.61. The number of thiazole rings is 1. The fraction of sp³-hybridized carbons (Fsp3) is 0.304. The van der Waals surface area contributed by atoms with E-state index in [-0.39, 0.29) is 5.91 Å². The Bertz CT molecular complexity index is 1060. The van der Waals surface area contributed by atoms with E-state index < -0.39 is 0 Å². The highest BCUT2D eigenvalue weighted by Crippen LogP contribution is 2.30. The average Bonchev–Trinajstić information content (AvgIpc) is 3.18. The van der Waals surface area contributed by atoms with Crippen LogP contribution in [0.5, 0.6) is 5.75 Å². The van der Waals surface area contributed by atoms with E-state index in [1.165, 1.54) is 0 Å². The van der Waals surface area contributed by atoms with Crippen molar-refractivity contribution in [2.75, 3.05) is 43.4 Å². The molecule has 0 radical (unpaired) electrons. The number of anilines is 2. The second-order valence-electron chi connectivity index (χ2n) is 7.58. The van der Waals surface area contributed by atoms with Crippen LogP contribution >= 0.6 is 22.9 Å². The summed E-state index contributed by atoms with van der Waals surface area (Å²) in [7, 11) is 2.12. The quantitative estimate of drug-likeness (QED) is 0.583. The monoisotopic (exact) mass is 456 g/mol. The second-order valence-corrected chi connectivity index (χ2v) is 9.08. The Kier molecular flexibility index (Phi) is 6.75. The summed E-state index contributed by atoms with van der Waals surface area (Å²) in [6.07, 6.45) is 0. The lowest BCUT2D eigenvalue weighted by Crippen LogP contribution is -2.44. The highest BCUT2D eigenvalue weighted by molar-refractivity contribution is 7.09. The summed E-state index contributed by atoms with van der Waals surface area (Å²) in [5.74, 6) is 0.427. The van der Waals surface area contributed by atoms with Gasteiger partial charge in [-0.3, -0.25) is 4.79 Å². The van der Waals surface area contributed by atoms with Gasteiger partial charge in [0, 0.05) is 42.1 Å². The molecule has 31 heavy (non-hydrogen) atoms. The molecule has 0 spiro atoms. The molecule has 1 N–H and O–H groups in total. The third kappa shape index (κ3) is 5.55. The van der Waals surface area contributed by atoms with E-state index >= 15 is 0 Å². The van der Waals surface area contributed by atoms with Crippen LogP contribution < -0.4 is 15.0 Å². The van der Waals surface area contributed by atoms with Gasteiger partial charge in [0.05, 0.1) is 22.1 Å². The first kappa shape index (κ1) is 21.6. The van der Waals surface area contributed by atoms with Gasteiger partial charge in [-0.1, -0.05) is 17.7 Å². The number of carbonyl (C=O) groups is 1. The van der Waals surface area contributed by atoms with Crippen LogP contribution in [-0.2, 0) is 6.61 Å². The van der Waals surface area contributed by atoms with Gasteiger partial charge in [0.2, 0.25) is 0 Å². The van der Waals surface area contributed by atoms with E-state index in [9.17, 15) is 4.79 Å². The summed E-state index contributed by atoms with van der Waals surface area (Å²) in [6.45, 7) is 6.10. The van der Waals surface area contributed by atoms with Gasteiger partial charge in [0.25, 0.3) is 5.91 Å². The summed E-state index contributed by atoms with van der Waals surface area (Å²) in [6, 6.07) is 12.8. The van der Waals surface area contributed by atoms with Gasteiger partial charge in [-0.05, 0) is 50.4 Å². The molecule has 1 saturated heterocycles. The molecule has 1 aromatic heterocycles. The second kappa shape index (κ2) is 9.68. The maximum absolute atomic E-state index is 13.0. The normalized spacial score (nSPS) is 14.5. The first-order valence-electron chi connectivity index (χ1n) is 10.2. The molecule has 1 fully saturated rings. The van der Waals surface area contributed by atoms with Gasteiger partial charge in [-0.15, -0.1) is 11.3 Å². The van der Waals surface area contributed by atoms with Crippen molar-refractivity contribution in [3.05, 3.63) is 69.1 Å². The van der Waals surface area contributed by atoms with Crippen LogP contribution in [0.4, 0.5) is 11.4 Å². The highest BCUT2D eigenvalue weighted by atomic mass is 35.5. The first-order chi connectivity index (χ1) is 15.0. The van der Waals surface area contributed by atoms with Gasteiger partial charge < -0.3 is 19.9 Å². The van der Waals surface area contributed by atoms with E-state index in [4.69, 9.17) is 16.3 Å². The van der Waals surface area contributed by atoms with Crippen molar-refractivity contribution in [1.82, 2.24) is 9.88 Å². The lowest BCUT2D eigenvalue weighted by atomic mass is 10.1. The first-order valence-corrected chi connectivity index (χ1v) is 11.4. The average molecular weight is 457 g/mol. The number of ether oxygens (including phenoxy) is 1. The van der Waals surface area contributed by atoms with Crippen LogP contribution in [0.3, 0.4) is 0 Å². The Morgan fingerprint density at radius 2 is 2.00 bits per heavy atom. The van der Waals surface area contributed by atoms with E-state index in [1.54, 1.807) is 29.5 Å². The predicted octanol–water partition coefficient (Wildman–Crippen LogP) is 4.69. The van der Waals surface area contributed by atoms with Crippen LogP contribution in [0, 0.1) is 6.92 Å². The summed E-state index contributed by atoms with van der Waals surface area (Å²) >= 11 is 7.82. The topological polar surface area (TPSA) is 57.7 Å². The molecule has 2 aromatic carbocycles. The molecule has 0 bridgehead atoms. The Balaban J connectivity index is 1.47. The molecule has 2 heterocycles. The summed E-state index contributed by atoms with van der Waals surface area (Å²) in [5.41, 5.74) is 3.10. The number of benzene rings is 2. The van der Waals surface area contributed by atoms with E-state index in [1.807, 2.05) is 36.6 Å². The lowest BCUT2D eigenvalue weighted by Gasteiger charge is -2.35. The Labute approximate surface area is 191 Å². The number of likely N-dealkylation sites (N-methyl/N-ethyl adjacent to an activating group) is 1. The molecule has 162 valence electrons. The number of carbonyl (C=O) groups excluding carboxylic acids is 1. The van der Waals surface area contributed by atoms with Crippen LogP contribution in [0.25, 0.3) is 0 Å². The third-order valence-corrected chi connectivity index (χ3v) is 6.26. The van der Waals surface area contributed by atoms with Crippen LogP contribution in [0.2, 0.25) is 5.02 Å². The minimum Gasteiger partial charge on any atom is -0.487 e. The molecule has 0 unspecified atom stereocenters. The fourth-order valence-corrected chi connectivity index (χ4v) is 4.25. The molecular weight excluding hydrogens is 432 g/mol. The molecule has 1 aliphatic heterocycles.